The summed E-state index contributed by atoms with van der Waals surface area (Å²) in [7, 11) is 0. The van der Waals surface area contributed by atoms with Gasteiger partial charge in [-0.3, -0.25) is 0 Å². The van der Waals surface area contributed by atoms with Crippen LogP contribution < -0.4 is 0 Å². The largest absolute Gasteiger partial charge is 0.387 e. The van der Waals surface area contributed by atoms with Gasteiger partial charge in [-0.15, -0.1) is 0 Å². The van der Waals surface area contributed by atoms with Crippen molar-refractivity contribution in [1.29, 1.82) is 0 Å². The van der Waals surface area contributed by atoms with E-state index in [1.54, 1.807) is 0 Å². The van der Waals surface area contributed by atoms with E-state index in [0.717, 1.165) is 5.56 Å². The first-order valence-electron chi connectivity index (χ1n) is 3.63. The van der Waals surface area contributed by atoms with Gasteiger partial charge < -0.3 is 5.11 Å². The summed E-state index contributed by atoms with van der Waals surface area (Å²) in [6.45, 7) is 1.88. The van der Waals surface area contributed by atoms with Gasteiger partial charge in [0, 0.05) is 5.25 Å². The SMILES string of the molecule is CC(S)C(O)c1ccccc1. The first-order chi connectivity index (χ1) is 5.22. The van der Waals surface area contributed by atoms with Crippen LogP contribution in [0.4, 0.5) is 0 Å². The van der Waals surface area contributed by atoms with Crippen LogP contribution in [0.15, 0.2) is 30.3 Å². The second kappa shape index (κ2) is 3.79. The fourth-order valence-corrected chi connectivity index (χ4v) is 1.10. The second-order valence-electron chi connectivity index (χ2n) is 2.60. The van der Waals surface area contributed by atoms with E-state index in [4.69, 9.17) is 0 Å². The minimum absolute atomic E-state index is 0.0163. The summed E-state index contributed by atoms with van der Waals surface area (Å²) in [5, 5.41) is 9.51. The van der Waals surface area contributed by atoms with Gasteiger partial charge in [-0.2, -0.15) is 12.6 Å². The zero-order valence-electron chi connectivity index (χ0n) is 6.44. The van der Waals surface area contributed by atoms with Crippen LogP contribution in [0, 0.1) is 0 Å². The predicted molar refractivity (Wildman–Crippen MR) is 49.8 cm³/mol. The Balaban J connectivity index is 2.77. The van der Waals surface area contributed by atoms with Gasteiger partial charge >= 0.3 is 0 Å². The molecule has 0 spiro atoms. The molecule has 0 bridgehead atoms. The van der Waals surface area contributed by atoms with Crippen molar-refractivity contribution < 1.29 is 5.11 Å². The third kappa shape index (κ3) is 2.24. The minimum atomic E-state index is -0.459. The topological polar surface area (TPSA) is 20.2 Å². The summed E-state index contributed by atoms with van der Waals surface area (Å²) in [6.07, 6.45) is -0.459. The molecule has 0 radical (unpaired) electrons. The molecule has 0 aromatic heterocycles. The lowest BCUT2D eigenvalue weighted by molar-refractivity contribution is 0.180. The van der Waals surface area contributed by atoms with Crippen LogP contribution >= 0.6 is 12.6 Å². The van der Waals surface area contributed by atoms with Crippen molar-refractivity contribution >= 4 is 12.6 Å². The third-order valence-corrected chi connectivity index (χ3v) is 1.88. The van der Waals surface area contributed by atoms with Crippen LogP contribution in [-0.2, 0) is 0 Å². The van der Waals surface area contributed by atoms with E-state index < -0.39 is 6.10 Å². The summed E-state index contributed by atoms with van der Waals surface area (Å²) in [5.74, 6) is 0. The van der Waals surface area contributed by atoms with Gasteiger partial charge in [0.05, 0.1) is 6.10 Å². The number of aliphatic hydroxyl groups excluding tert-OH is 1. The van der Waals surface area contributed by atoms with E-state index in [-0.39, 0.29) is 5.25 Å². The Kier molecular flexibility index (Phi) is 2.97. The molecule has 1 nitrogen and oxygen atoms in total. The normalized spacial score (nSPS) is 15.9. The Morgan fingerprint density at radius 1 is 1.27 bits per heavy atom. The number of benzene rings is 1. The van der Waals surface area contributed by atoms with E-state index in [9.17, 15) is 5.11 Å². The molecule has 0 aliphatic carbocycles. The molecule has 0 heterocycles. The molecule has 0 saturated heterocycles. The molecule has 0 amide bonds. The van der Waals surface area contributed by atoms with Gasteiger partial charge in [-0.25, -0.2) is 0 Å². The fraction of sp³-hybridized carbons (Fsp3) is 0.333. The van der Waals surface area contributed by atoms with Crippen molar-refractivity contribution in [3.63, 3.8) is 0 Å². The number of hydrogen-bond acceptors (Lipinski definition) is 2. The molecule has 0 saturated carbocycles. The maximum absolute atomic E-state index is 9.52. The van der Waals surface area contributed by atoms with Gasteiger partial charge in [0.15, 0.2) is 0 Å². The highest BCUT2D eigenvalue weighted by molar-refractivity contribution is 7.80. The smallest absolute Gasteiger partial charge is 0.0903 e. The number of hydrogen-bond donors (Lipinski definition) is 2. The van der Waals surface area contributed by atoms with Crippen molar-refractivity contribution in [2.45, 2.75) is 18.3 Å². The Hall–Kier alpha value is -0.470. The highest BCUT2D eigenvalue weighted by Crippen LogP contribution is 2.19. The molecule has 0 fully saturated rings. The Bertz CT molecular complexity index is 208. The summed E-state index contributed by atoms with van der Waals surface area (Å²) >= 11 is 4.15. The van der Waals surface area contributed by atoms with Gasteiger partial charge in [-0.05, 0) is 5.56 Å². The maximum atomic E-state index is 9.52. The van der Waals surface area contributed by atoms with Crippen LogP contribution in [0.25, 0.3) is 0 Å². The van der Waals surface area contributed by atoms with E-state index in [0.29, 0.717) is 0 Å². The van der Waals surface area contributed by atoms with E-state index in [1.165, 1.54) is 0 Å². The molecule has 1 aromatic rings. The van der Waals surface area contributed by atoms with Crippen molar-refractivity contribution in [3.05, 3.63) is 35.9 Å². The van der Waals surface area contributed by atoms with Crippen LogP contribution in [0.2, 0.25) is 0 Å². The highest BCUT2D eigenvalue weighted by atomic mass is 32.1. The van der Waals surface area contributed by atoms with E-state index >= 15 is 0 Å². The second-order valence-corrected chi connectivity index (χ2v) is 3.41. The third-order valence-electron chi connectivity index (χ3n) is 1.60. The molecule has 2 heteroatoms. The quantitative estimate of drug-likeness (QED) is 0.647. The van der Waals surface area contributed by atoms with Gasteiger partial charge in [0.1, 0.15) is 0 Å². The molecule has 60 valence electrons. The molecule has 0 aliphatic heterocycles. The number of thiol groups is 1. The summed E-state index contributed by atoms with van der Waals surface area (Å²) in [4.78, 5) is 0. The molecular formula is C9H12OS. The standard InChI is InChI=1S/C9H12OS/c1-7(11)9(10)8-5-3-2-4-6-8/h2-7,9-11H,1H3. The fourth-order valence-electron chi connectivity index (χ4n) is 0.929. The number of rotatable bonds is 2. The molecule has 0 aliphatic rings. The van der Waals surface area contributed by atoms with Gasteiger partial charge in [0.2, 0.25) is 0 Å². The lowest BCUT2D eigenvalue weighted by Gasteiger charge is -2.13. The van der Waals surface area contributed by atoms with Crippen molar-refractivity contribution in [1.82, 2.24) is 0 Å². The van der Waals surface area contributed by atoms with E-state index in [1.807, 2.05) is 37.3 Å². The lowest BCUT2D eigenvalue weighted by Crippen LogP contribution is -2.07. The van der Waals surface area contributed by atoms with E-state index in [2.05, 4.69) is 12.6 Å². The average Bonchev–Trinajstić information content (AvgIpc) is 2.05. The molecule has 11 heavy (non-hydrogen) atoms. The molecule has 1 rings (SSSR count). The first-order valence-corrected chi connectivity index (χ1v) is 4.14. The Morgan fingerprint density at radius 2 is 1.82 bits per heavy atom. The maximum Gasteiger partial charge on any atom is 0.0903 e. The summed E-state index contributed by atoms with van der Waals surface area (Å²) in [5.41, 5.74) is 0.926. The van der Waals surface area contributed by atoms with Crippen molar-refractivity contribution in [2.24, 2.45) is 0 Å². The molecule has 2 atom stereocenters. The van der Waals surface area contributed by atoms with Gasteiger partial charge in [-0.1, -0.05) is 37.3 Å². The summed E-state index contributed by atoms with van der Waals surface area (Å²) in [6, 6.07) is 9.55. The zero-order valence-corrected chi connectivity index (χ0v) is 7.33. The highest BCUT2D eigenvalue weighted by Gasteiger charge is 2.10. The van der Waals surface area contributed by atoms with Crippen molar-refractivity contribution in [3.8, 4) is 0 Å². The summed E-state index contributed by atoms with van der Waals surface area (Å²) < 4.78 is 0. The van der Waals surface area contributed by atoms with Gasteiger partial charge in [0.25, 0.3) is 0 Å². The first kappa shape index (κ1) is 8.62. The monoisotopic (exact) mass is 168 g/mol. The molecule has 1 N–H and O–H groups in total. The molecule has 1 aromatic carbocycles. The van der Waals surface area contributed by atoms with Crippen LogP contribution in [0.5, 0.6) is 0 Å². The predicted octanol–water partition coefficient (Wildman–Crippen LogP) is 2.04. The van der Waals surface area contributed by atoms with Crippen LogP contribution in [0.3, 0.4) is 0 Å². The van der Waals surface area contributed by atoms with Crippen LogP contribution in [-0.4, -0.2) is 10.4 Å². The Morgan fingerprint density at radius 3 is 2.27 bits per heavy atom. The lowest BCUT2D eigenvalue weighted by atomic mass is 10.1. The Labute approximate surface area is 72.5 Å². The molecular weight excluding hydrogens is 156 g/mol. The van der Waals surface area contributed by atoms with Crippen LogP contribution in [0.1, 0.15) is 18.6 Å². The minimum Gasteiger partial charge on any atom is -0.387 e. The number of aliphatic hydroxyl groups is 1. The molecule has 2 unspecified atom stereocenters. The average molecular weight is 168 g/mol. The zero-order chi connectivity index (χ0) is 8.27. The van der Waals surface area contributed by atoms with Crippen molar-refractivity contribution in [2.75, 3.05) is 0 Å².